The number of nitrogens with zero attached hydrogens (tertiary/aromatic N) is 1. The maximum atomic E-state index is 12.0. The molecular formula is C14H14N2O3S. The van der Waals surface area contributed by atoms with Gasteiger partial charge in [-0.25, -0.2) is 9.78 Å². The smallest absolute Gasteiger partial charge is 0.338 e. The van der Waals surface area contributed by atoms with Gasteiger partial charge in [0, 0.05) is 6.04 Å². The summed E-state index contributed by atoms with van der Waals surface area (Å²) in [6.45, 7) is 1.58. The van der Waals surface area contributed by atoms with Gasteiger partial charge in [-0.2, -0.15) is 0 Å². The van der Waals surface area contributed by atoms with Crippen molar-refractivity contribution in [1.29, 1.82) is 0 Å². The molecular weight excluding hydrogens is 276 g/mol. The Labute approximate surface area is 120 Å². The van der Waals surface area contributed by atoms with Crippen molar-refractivity contribution in [3.8, 4) is 0 Å². The average molecular weight is 290 g/mol. The minimum Gasteiger partial charge on any atom is -0.449 e. The quantitative estimate of drug-likeness (QED) is 0.876. The highest BCUT2D eigenvalue weighted by Gasteiger charge is 2.27. The number of carbonyl (C=O) groups is 2. The summed E-state index contributed by atoms with van der Waals surface area (Å²) in [5.74, 6) is -0.724. The summed E-state index contributed by atoms with van der Waals surface area (Å²) in [5, 5.41) is 2.81. The van der Waals surface area contributed by atoms with E-state index in [2.05, 4.69) is 10.3 Å². The van der Waals surface area contributed by atoms with Crippen molar-refractivity contribution in [2.45, 2.75) is 31.9 Å². The van der Waals surface area contributed by atoms with Gasteiger partial charge in [-0.15, -0.1) is 11.3 Å². The number of hydrogen-bond acceptors (Lipinski definition) is 5. The molecule has 20 heavy (non-hydrogen) atoms. The van der Waals surface area contributed by atoms with Crippen molar-refractivity contribution in [2.75, 3.05) is 0 Å². The van der Waals surface area contributed by atoms with E-state index in [1.807, 2.05) is 0 Å². The van der Waals surface area contributed by atoms with Gasteiger partial charge >= 0.3 is 5.97 Å². The van der Waals surface area contributed by atoms with Gasteiger partial charge in [0.1, 0.15) is 0 Å². The Bertz CT molecular complexity index is 663. The first-order valence-electron chi connectivity index (χ1n) is 6.48. The number of fused-ring (bicyclic) bond motifs is 1. The van der Waals surface area contributed by atoms with E-state index in [4.69, 9.17) is 4.74 Å². The third kappa shape index (κ3) is 2.80. The molecule has 1 aromatic heterocycles. The van der Waals surface area contributed by atoms with E-state index in [-0.39, 0.29) is 11.9 Å². The second-order valence-electron chi connectivity index (χ2n) is 4.87. The molecule has 1 N–H and O–H groups in total. The number of aromatic nitrogens is 1. The topological polar surface area (TPSA) is 68.3 Å². The van der Waals surface area contributed by atoms with Gasteiger partial charge < -0.3 is 10.1 Å². The Morgan fingerprint density at radius 2 is 2.25 bits per heavy atom. The number of nitrogens with one attached hydrogen (secondary N) is 1. The molecule has 0 bridgehead atoms. The molecule has 1 heterocycles. The number of amides is 1. The van der Waals surface area contributed by atoms with E-state index in [0.29, 0.717) is 5.56 Å². The van der Waals surface area contributed by atoms with Gasteiger partial charge in [0.25, 0.3) is 5.91 Å². The summed E-state index contributed by atoms with van der Waals surface area (Å²) in [4.78, 5) is 27.9. The summed E-state index contributed by atoms with van der Waals surface area (Å²) in [5.41, 5.74) is 3.02. The second-order valence-corrected chi connectivity index (χ2v) is 5.75. The minimum absolute atomic E-state index is 0.236. The molecule has 3 rings (SSSR count). The molecule has 0 unspecified atom stereocenters. The third-order valence-electron chi connectivity index (χ3n) is 3.14. The highest BCUT2D eigenvalue weighted by atomic mass is 32.1. The predicted molar refractivity (Wildman–Crippen MR) is 75.7 cm³/mol. The summed E-state index contributed by atoms with van der Waals surface area (Å²) < 4.78 is 6.11. The van der Waals surface area contributed by atoms with Crippen LogP contribution in [0.2, 0.25) is 0 Å². The zero-order valence-electron chi connectivity index (χ0n) is 11.0. The largest absolute Gasteiger partial charge is 0.449 e. The van der Waals surface area contributed by atoms with Crippen molar-refractivity contribution in [1.82, 2.24) is 10.3 Å². The van der Waals surface area contributed by atoms with Crippen LogP contribution in [0.1, 0.15) is 30.1 Å². The zero-order chi connectivity index (χ0) is 14.1. The fourth-order valence-corrected chi connectivity index (χ4v) is 2.53. The first kappa shape index (κ1) is 13.1. The molecule has 1 atom stereocenters. The van der Waals surface area contributed by atoms with Gasteiger partial charge in [-0.1, -0.05) is 0 Å². The van der Waals surface area contributed by atoms with E-state index < -0.39 is 12.1 Å². The van der Waals surface area contributed by atoms with Gasteiger partial charge in [-0.05, 0) is 38.0 Å². The number of thiazole rings is 1. The molecule has 1 fully saturated rings. The first-order valence-corrected chi connectivity index (χ1v) is 7.36. The molecule has 0 radical (unpaired) electrons. The Balaban J connectivity index is 1.66. The first-order chi connectivity index (χ1) is 9.63. The van der Waals surface area contributed by atoms with Crippen LogP contribution in [0.25, 0.3) is 10.2 Å². The van der Waals surface area contributed by atoms with Crippen molar-refractivity contribution in [3.63, 3.8) is 0 Å². The minimum atomic E-state index is -0.778. The lowest BCUT2D eigenvalue weighted by molar-refractivity contribution is -0.129. The second kappa shape index (κ2) is 5.20. The van der Waals surface area contributed by atoms with Crippen LogP contribution in [0.3, 0.4) is 0 Å². The molecule has 2 aromatic rings. The zero-order valence-corrected chi connectivity index (χ0v) is 11.8. The highest BCUT2D eigenvalue weighted by Crippen LogP contribution is 2.20. The van der Waals surface area contributed by atoms with Crippen LogP contribution in [-0.4, -0.2) is 29.0 Å². The number of carbonyl (C=O) groups excluding carboxylic acids is 2. The third-order valence-corrected chi connectivity index (χ3v) is 3.94. The molecule has 1 saturated carbocycles. The van der Waals surface area contributed by atoms with Crippen LogP contribution >= 0.6 is 11.3 Å². The van der Waals surface area contributed by atoms with E-state index in [9.17, 15) is 9.59 Å². The van der Waals surface area contributed by atoms with Crippen LogP contribution in [0.4, 0.5) is 0 Å². The molecule has 104 valence electrons. The lowest BCUT2D eigenvalue weighted by Crippen LogP contribution is -2.37. The van der Waals surface area contributed by atoms with Crippen LogP contribution in [-0.2, 0) is 9.53 Å². The van der Waals surface area contributed by atoms with E-state index >= 15 is 0 Å². The lowest BCUT2D eigenvalue weighted by atomic mass is 10.2. The summed E-state index contributed by atoms with van der Waals surface area (Å²) >= 11 is 1.46. The monoisotopic (exact) mass is 290 g/mol. The standard InChI is InChI=1S/C14H14N2O3S/c1-8(13(17)16-10-3-4-10)19-14(18)9-2-5-11-12(6-9)20-7-15-11/h2,5-8,10H,3-4H2,1H3,(H,16,17)/t8-/m1/s1. The average Bonchev–Trinajstić information content (AvgIpc) is 3.12. The number of esters is 1. The van der Waals surface area contributed by atoms with E-state index in [1.54, 1.807) is 30.6 Å². The van der Waals surface area contributed by atoms with Crippen molar-refractivity contribution in [3.05, 3.63) is 29.3 Å². The van der Waals surface area contributed by atoms with Crippen molar-refractivity contribution in [2.24, 2.45) is 0 Å². The Morgan fingerprint density at radius 3 is 3.00 bits per heavy atom. The van der Waals surface area contributed by atoms with Gasteiger partial charge in [0.2, 0.25) is 0 Å². The molecule has 1 aliphatic carbocycles. The van der Waals surface area contributed by atoms with Crippen molar-refractivity contribution >= 4 is 33.4 Å². The van der Waals surface area contributed by atoms with Crippen LogP contribution < -0.4 is 5.32 Å². The lowest BCUT2D eigenvalue weighted by Gasteiger charge is -2.13. The molecule has 1 aliphatic rings. The summed E-state index contributed by atoms with van der Waals surface area (Å²) in [7, 11) is 0. The molecule has 1 amide bonds. The molecule has 1 aromatic carbocycles. The molecule has 0 spiro atoms. The SMILES string of the molecule is C[C@@H](OC(=O)c1ccc2ncsc2c1)C(=O)NC1CC1. The molecule has 0 aliphatic heterocycles. The maximum Gasteiger partial charge on any atom is 0.338 e. The molecule has 6 heteroatoms. The highest BCUT2D eigenvalue weighted by molar-refractivity contribution is 7.16. The molecule has 0 saturated heterocycles. The summed E-state index contributed by atoms with van der Waals surface area (Å²) in [6, 6.07) is 5.44. The fourth-order valence-electron chi connectivity index (χ4n) is 1.81. The Kier molecular flexibility index (Phi) is 3.40. The van der Waals surface area contributed by atoms with E-state index in [0.717, 1.165) is 23.1 Å². The van der Waals surface area contributed by atoms with Gasteiger partial charge in [-0.3, -0.25) is 4.79 Å². The number of ether oxygens (including phenoxy) is 1. The Morgan fingerprint density at radius 1 is 1.45 bits per heavy atom. The number of rotatable bonds is 4. The molecule has 5 nitrogen and oxygen atoms in total. The Hall–Kier alpha value is -1.95. The summed E-state index contributed by atoms with van der Waals surface area (Å²) in [6.07, 6.45) is 1.24. The predicted octanol–water partition coefficient (Wildman–Crippen LogP) is 2.12. The van der Waals surface area contributed by atoms with E-state index in [1.165, 1.54) is 11.3 Å². The van der Waals surface area contributed by atoms with Gasteiger partial charge in [0.05, 0.1) is 21.3 Å². The van der Waals surface area contributed by atoms with Crippen LogP contribution in [0, 0.1) is 0 Å². The van der Waals surface area contributed by atoms with Gasteiger partial charge in [0.15, 0.2) is 6.10 Å². The fraction of sp³-hybridized carbons (Fsp3) is 0.357. The van der Waals surface area contributed by atoms with Crippen LogP contribution in [0.5, 0.6) is 0 Å². The normalized spacial score (nSPS) is 15.8. The van der Waals surface area contributed by atoms with Crippen LogP contribution in [0.15, 0.2) is 23.7 Å². The number of benzene rings is 1. The number of hydrogen-bond donors (Lipinski definition) is 1. The maximum absolute atomic E-state index is 12.0. The van der Waals surface area contributed by atoms with Crippen molar-refractivity contribution < 1.29 is 14.3 Å².